The Morgan fingerprint density at radius 3 is 2.75 bits per heavy atom. The van der Waals surface area contributed by atoms with Crippen LogP contribution in [0.2, 0.25) is 5.02 Å². The molecular formula is C17H16ClN2O4-. The van der Waals surface area contributed by atoms with E-state index in [0.29, 0.717) is 33.4 Å². The number of carbonyl (C=O) groups is 2. The van der Waals surface area contributed by atoms with Crippen molar-refractivity contribution in [1.82, 2.24) is 5.43 Å². The average Bonchev–Trinajstić information content (AvgIpc) is 2.91. The Morgan fingerprint density at radius 1 is 1.33 bits per heavy atom. The monoisotopic (exact) mass is 347 g/mol. The lowest BCUT2D eigenvalue weighted by Gasteiger charge is -2.02. The molecule has 0 saturated carbocycles. The molecule has 24 heavy (non-hydrogen) atoms. The van der Waals surface area contributed by atoms with Crippen molar-refractivity contribution in [1.29, 1.82) is 0 Å². The lowest BCUT2D eigenvalue weighted by Crippen LogP contribution is -2.22. The number of benzene rings is 1. The number of hydrogen-bond acceptors (Lipinski definition) is 5. The fraction of sp³-hybridized carbons (Fsp3) is 0.235. The third-order valence-electron chi connectivity index (χ3n) is 3.35. The molecule has 1 N–H and O–H groups in total. The van der Waals surface area contributed by atoms with E-state index in [-0.39, 0.29) is 18.7 Å². The second kappa shape index (κ2) is 7.79. The van der Waals surface area contributed by atoms with Crippen molar-refractivity contribution in [2.24, 2.45) is 5.10 Å². The number of carbonyl (C=O) groups excluding carboxylic acids is 2. The summed E-state index contributed by atoms with van der Waals surface area (Å²) in [5.41, 5.74) is 4.11. The Morgan fingerprint density at radius 2 is 2.08 bits per heavy atom. The van der Waals surface area contributed by atoms with Gasteiger partial charge in [-0.3, -0.25) is 4.79 Å². The molecule has 6 nitrogen and oxygen atoms in total. The van der Waals surface area contributed by atoms with Crippen molar-refractivity contribution in [2.75, 3.05) is 0 Å². The molecule has 0 bridgehead atoms. The number of carboxylic acids is 1. The van der Waals surface area contributed by atoms with Crippen LogP contribution in [0.1, 0.15) is 40.8 Å². The van der Waals surface area contributed by atoms with Crippen LogP contribution in [-0.4, -0.2) is 17.6 Å². The van der Waals surface area contributed by atoms with Gasteiger partial charge in [0.1, 0.15) is 11.5 Å². The first-order valence-electron chi connectivity index (χ1n) is 7.26. The third kappa shape index (κ3) is 4.70. The van der Waals surface area contributed by atoms with Gasteiger partial charge in [-0.1, -0.05) is 17.7 Å². The molecule has 0 atom stereocenters. The predicted molar refractivity (Wildman–Crippen MR) is 87.9 cm³/mol. The highest BCUT2D eigenvalue weighted by atomic mass is 35.5. The maximum atomic E-state index is 12.0. The maximum Gasteiger partial charge on any atom is 0.271 e. The lowest BCUT2D eigenvalue weighted by molar-refractivity contribution is -0.305. The molecule has 7 heteroatoms. The minimum Gasteiger partial charge on any atom is -0.550 e. The number of furan rings is 1. The second-order valence-corrected chi connectivity index (χ2v) is 5.64. The molecule has 2 aromatic rings. The summed E-state index contributed by atoms with van der Waals surface area (Å²) >= 11 is 5.85. The van der Waals surface area contributed by atoms with Gasteiger partial charge in [0.25, 0.3) is 5.91 Å². The number of rotatable bonds is 6. The van der Waals surface area contributed by atoms with E-state index in [2.05, 4.69) is 10.5 Å². The van der Waals surface area contributed by atoms with Gasteiger partial charge in [0.2, 0.25) is 0 Å². The number of hydrazone groups is 1. The lowest BCUT2D eigenvalue weighted by atomic mass is 10.1. The Bertz CT molecular complexity index is 796. The van der Waals surface area contributed by atoms with Gasteiger partial charge in [-0.15, -0.1) is 0 Å². The van der Waals surface area contributed by atoms with E-state index in [1.54, 1.807) is 44.2 Å². The van der Waals surface area contributed by atoms with E-state index < -0.39 is 5.97 Å². The number of nitrogens with one attached hydrogen (secondary N) is 1. The molecule has 0 unspecified atom stereocenters. The van der Waals surface area contributed by atoms with Crippen molar-refractivity contribution in [3.05, 3.63) is 58.0 Å². The number of hydrogen-bond donors (Lipinski definition) is 1. The number of aliphatic carboxylic acids is 1. The normalized spacial score (nSPS) is 11.4. The van der Waals surface area contributed by atoms with Gasteiger partial charge in [-0.2, -0.15) is 5.10 Å². The molecule has 0 aliphatic carbocycles. The van der Waals surface area contributed by atoms with E-state index in [9.17, 15) is 14.7 Å². The van der Waals surface area contributed by atoms with Crippen LogP contribution in [0.15, 0.2) is 39.9 Å². The van der Waals surface area contributed by atoms with Crippen LogP contribution >= 0.6 is 11.6 Å². The molecule has 1 amide bonds. The van der Waals surface area contributed by atoms with E-state index in [1.165, 1.54) is 0 Å². The zero-order chi connectivity index (χ0) is 17.7. The topological polar surface area (TPSA) is 94.7 Å². The number of halogens is 1. The molecule has 2 rings (SSSR count). The Labute approximate surface area is 144 Å². The second-order valence-electron chi connectivity index (χ2n) is 5.20. The van der Waals surface area contributed by atoms with Gasteiger partial charge in [0, 0.05) is 28.5 Å². The highest BCUT2D eigenvalue weighted by Gasteiger charge is 2.11. The summed E-state index contributed by atoms with van der Waals surface area (Å²) in [4.78, 5) is 22.5. The summed E-state index contributed by atoms with van der Waals surface area (Å²) in [7, 11) is 0. The Kier molecular flexibility index (Phi) is 5.76. The van der Waals surface area contributed by atoms with Crippen molar-refractivity contribution >= 4 is 29.2 Å². The summed E-state index contributed by atoms with van der Waals surface area (Å²) in [6.45, 7) is 3.47. The first-order valence-corrected chi connectivity index (χ1v) is 7.64. The molecule has 126 valence electrons. The quantitative estimate of drug-likeness (QED) is 0.639. The van der Waals surface area contributed by atoms with Crippen LogP contribution in [-0.2, 0) is 11.2 Å². The van der Waals surface area contributed by atoms with Crippen LogP contribution in [0, 0.1) is 6.92 Å². The van der Waals surface area contributed by atoms with Crippen molar-refractivity contribution < 1.29 is 19.1 Å². The number of nitrogens with zero attached hydrogens (tertiary/aromatic N) is 1. The van der Waals surface area contributed by atoms with E-state index >= 15 is 0 Å². The standard InChI is InChI=1S/C17H17ClN2O4/c1-10(15-9-14(24-11(15)2)6-7-16(21)22)19-20-17(23)12-4-3-5-13(18)8-12/h3-5,8-9H,6-7H2,1-2H3,(H,20,23)(H,21,22)/p-1/b19-10-. The van der Waals surface area contributed by atoms with Gasteiger partial charge in [-0.25, -0.2) is 5.43 Å². The fourth-order valence-corrected chi connectivity index (χ4v) is 2.33. The average molecular weight is 348 g/mol. The molecular weight excluding hydrogens is 332 g/mol. The first kappa shape index (κ1) is 17.7. The summed E-state index contributed by atoms with van der Waals surface area (Å²) in [5, 5.41) is 15.0. The largest absolute Gasteiger partial charge is 0.550 e. The Balaban J connectivity index is 2.07. The van der Waals surface area contributed by atoms with E-state index in [0.717, 1.165) is 0 Å². The van der Waals surface area contributed by atoms with E-state index in [1.807, 2.05) is 0 Å². The first-order chi connectivity index (χ1) is 11.4. The molecule has 1 aromatic carbocycles. The predicted octanol–water partition coefficient (Wildman–Crippen LogP) is 2.08. The molecule has 0 aliphatic heterocycles. The molecule has 0 fully saturated rings. The van der Waals surface area contributed by atoms with Crippen LogP contribution in [0.3, 0.4) is 0 Å². The smallest absolute Gasteiger partial charge is 0.271 e. The highest BCUT2D eigenvalue weighted by Crippen LogP contribution is 2.17. The fourth-order valence-electron chi connectivity index (χ4n) is 2.14. The summed E-state index contributed by atoms with van der Waals surface area (Å²) in [6, 6.07) is 8.24. The van der Waals surface area contributed by atoms with Crippen molar-refractivity contribution in [3.63, 3.8) is 0 Å². The van der Waals surface area contributed by atoms with Gasteiger partial charge < -0.3 is 14.3 Å². The minimum absolute atomic E-state index is 0.117. The van der Waals surface area contributed by atoms with Crippen molar-refractivity contribution in [2.45, 2.75) is 26.7 Å². The van der Waals surface area contributed by atoms with Gasteiger partial charge in [0.05, 0.1) is 5.71 Å². The minimum atomic E-state index is -1.13. The highest BCUT2D eigenvalue weighted by molar-refractivity contribution is 6.30. The Hall–Kier alpha value is -2.60. The molecule has 0 saturated heterocycles. The number of aryl methyl sites for hydroxylation is 2. The summed E-state index contributed by atoms with van der Waals surface area (Å²) in [6.07, 6.45) is 0.124. The molecule has 0 aliphatic rings. The van der Waals surface area contributed by atoms with Crippen LogP contribution in [0.25, 0.3) is 0 Å². The zero-order valence-corrected chi connectivity index (χ0v) is 14.0. The number of carboxylic acid groups (broad SMARTS) is 1. The van der Waals surface area contributed by atoms with Crippen LogP contribution in [0.4, 0.5) is 0 Å². The summed E-state index contributed by atoms with van der Waals surface area (Å²) in [5.74, 6) is -0.385. The van der Waals surface area contributed by atoms with E-state index in [4.69, 9.17) is 16.0 Å². The van der Waals surface area contributed by atoms with Gasteiger partial charge in [-0.05, 0) is 44.5 Å². The van der Waals surface area contributed by atoms with Gasteiger partial charge in [0.15, 0.2) is 0 Å². The van der Waals surface area contributed by atoms with Crippen LogP contribution < -0.4 is 10.5 Å². The van der Waals surface area contributed by atoms with Crippen molar-refractivity contribution in [3.8, 4) is 0 Å². The van der Waals surface area contributed by atoms with Crippen LogP contribution in [0.5, 0.6) is 0 Å². The summed E-state index contributed by atoms with van der Waals surface area (Å²) < 4.78 is 5.49. The molecule has 1 aromatic heterocycles. The molecule has 0 radical (unpaired) electrons. The van der Waals surface area contributed by atoms with Gasteiger partial charge >= 0.3 is 0 Å². The maximum absolute atomic E-state index is 12.0. The zero-order valence-electron chi connectivity index (χ0n) is 13.3. The molecule has 1 heterocycles. The third-order valence-corrected chi connectivity index (χ3v) is 3.58. The SMILES string of the molecule is C/C(=N/NC(=O)c1cccc(Cl)c1)c1cc(CCC(=O)[O-])oc1C. The molecule has 0 spiro atoms. The number of amides is 1.